The first-order valence-electron chi connectivity index (χ1n) is 11.4. The Morgan fingerprint density at radius 2 is 1.65 bits per heavy atom. The molecule has 3 aliphatic rings. The topological polar surface area (TPSA) is 49.4 Å². The molecule has 0 bridgehead atoms. The Hall–Kier alpha value is -2.69. The molecular weight excluding hydrogens is 391 g/mol. The lowest BCUT2D eigenvalue weighted by Crippen LogP contribution is -2.57. The number of carbonyl (C=O) groups excluding carboxylic acids is 2. The Kier molecular flexibility index (Phi) is 5.07. The summed E-state index contributed by atoms with van der Waals surface area (Å²) in [6.07, 6.45) is 5.00. The Morgan fingerprint density at radius 1 is 0.968 bits per heavy atom. The number of amides is 2. The van der Waals surface area contributed by atoms with Gasteiger partial charge in [-0.05, 0) is 54.4 Å². The number of hydrogen-bond acceptors (Lipinski definition) is 2. The van der Waals surface area contributed by atoms with Crippen LogP contribution in [0.2, 0.25) is 0 Å². The van der Waals surface area contributed by atoms with Crippen LogP contribution in [0.3, 0.4) is 0 Å². The van der Waals surface area contributed by atoms with Crippen LogP contribution in [0.4, 0.5) is 4.39 Å². The predicted molar refractivity (Wildman–Crippen MR) is 117 cm³/mol. The van der Waals surface area contributed by atoms with Crippen molar-refractivity contribution >= 4 is 11.8 Å². The smallest absolute Gasteiger partial charge is 0.233 e. The minimum Gasteiger partial charge on any atom is -0.355 e. The van der Waals surface area contributed by atoms with E-state index in [1.165, 1.54) is 12.1 Å². The molecule has 162 valence electrons. The van der Waals surface area contributed by atoms with Crippen molar-refractivity contribution < 1.29 is 14.0 Å². The van der Waals surface area contributed by atoms with E-state index in [0.717, 1.165) is 43.2 Å². The van der Waals surface area contributed by atoms with Crippen molar-refractivity contribution in [3.63, 3.8) is 0 Å². The number of nitrogens with one attached hydrogen (secondary N) is 1. The van der Waals surface area contributed by atoms with E-state index >= 15 is 0 Å². The van der Waals surface area contributed by atoms with Crippen LogP contribution >= 0.6 is 0 Å². The Bertz CT molecular complexity index is 961. The molecule has 2 aliphatic heterocycles. The fourth-order valence-corrected chi connectivity index (χ4v) is 6.00. The van der Waals surface area contributed by atoms with Crippen molar-refractivity contribution in [3.05, 3.63) is 71.5 Å². The Balaban J connectivity index is 1.36. The summed E-state index contributed by atoms with van der Waals surface area (Å²) in [6.45, 7) is 1.93. The molecule has 5 heteroatoms. The lowest BCUT2D eigenvalue weighted by molar-refractivity contribution is -0.144. The molecule has 31 heavy (non-hydrogen) atoms. The van der Waals surface area contributed by atoms with Gasteiger partial charge in [-0.15, -0.1) is 0 Å². The number of benzene rings is 2. The molecule has 0 aromatic heterocycles. The zero-order valence-electron chi connectivity index (χ0n) is 17.8. The van der Waals surface area contributed by atoms with Gasteiger partial charge in [0.15, 0.2) is 0 Å². The summed E-state index contributed by atoms with van der Waals surface area (Å²) in [4.78, 5) is 28.0. The number of piperidine rings is 2. The van der Waals surface area contributed by atoms with E-state index in [2.05, 4.69) is 17.4 Å². The first-order chi connectivity index (χ1) is 15.0. The number of halogens is 1. The fraction of sp³-hybridized carbons (Fsp3) is 0.462. The van der Waals surface area contributed by atoms with Gasteiger partial charge < -0.3 is 10.2 Å². The van der Waals surface area contributed by atoms with E-state index in [1.54, 1.807) is 0 Å². The van der Waals surface area contributed by atoms with Crippen LogP contribution in [0.25, 0.3) is 0 Å². The number of rotatable bonds is 3. The van der Waals surface area contributed by atoms with E-state index in [4.69, 9.17) is 0 Å². The predicted octanol–water partition coefficient (Wildman–Crippen LogP) is 4.16. The van der Waals surface area contributed by atoms with Crippen LogP contribution in [0, 0.1) is 11.2 Å². The molecule has 1 atom stereocenters. The first-order valence-corrected chi connectivity index (χ1v) is 11.4. The van der Waals surface area contributed by atoms with E-state index in [-0.39, 0.29) is 34.4 Å². The normalized spacial score (nSPS) is 24.4. The lowest BCUT2D eigenvalue weighted by atomic mass is 9.61. The third-order valence-electron chi connectivity index (χ3n) is 8.02. The minimum absolute atomic E-state index is 0.0814. The SMILES string of the molecule is O=C1CC2(CCN(C(=O)C3(c4ccccc4)CCC3)CC2)[C@@H](c2ccc(F)cc2)CN1. The highest BCUT2D eigenvalue weighted by molar-refractivity contribution is 5.89. The van der Waals surface area contributed by atoms with Crippen LogP contribution in [0.1, 0.15) is 55.6 Å². The minimum atomic E-state index is -0.369. The van der Waals surface area contributed by atoms with Gasteiger partial charge >= 0.3 is 0 Å². The van der Waals surface area contributed by atoms with E-state index in [9.17, 15) is 14.0 Å². The maximum Gasteiger partial charge on any atom is 0.233 e. The quantitative estimate of drug-likeness (QED) is 0.811. The van der Waals surface area contributed by atoms with Crippen molar-refractivity contribution in [1.29, 1.82) is 0 Å². The summed E-state index contributed by atoms with van der Waals surface area (Å²) < 4.78 is 13.5. The summed E-state index contributed by atoms with van der Waals surface area (Å²) in [5, 5.41) is 3.00. The van der Waals surface area contributed by atoms with Crippen LogP contribution in [-0.4, -0.2) is 36.3 Å². The maximum atomic E-state index is 13.6. The summed E-state index contributed by atoms with van der Waals surface area (Å²) in [6, 6.07) is 16.9. The van der Waals surface area contributed by atoms with Gasteiger partial charge in [-0.2, -0.15) is 0 Å². The molecule has 0 radical (unpaired) electrons. The molecule has 1 spiro atoms. The van der Waals surface area contributed by atoms with Gasteiger partial charge in [-0.3, -0.25) is 9.59 Å². The lowest BCUT2D eigenvalue weighted by Gasteiger charge is -2.51. The van der Waals surface area contributed by atoms with E-state index in [1.807, 2.05) is 35.2 Å². The molecule has 2 heterocycles. The Labute approximate surface area is 182 Å². The maximum absolute atomic E-state index is 13.6. The van der Waals surface area contributed by atoms with Crippen molar-refractivity contribution in [2.45, 2.75) is 49.9 Å². The molecule has 4 nitrogen and oxygen atoms in total. The first kappa shape index (κ1) is 20.2. The van der Waals surface area contributed by atoms with Gasteiger partial charge in [-0.25, -0.2) is 4.39 Å². The number of carbonyl (C=O) groups is 2. The van der Waals surface area contributed by atoms with Gasteiger partial charge in [0.25, 0.3) is 0 Å². The molecule has 0 unspecified atom stereocenters. The highest BCUT2D eigenvalue weighted by atomic mass is 19.1. The van der Waals surface area contributed by atoms with Crippen LogP contribution in [0.5, 0.6) is 0 Å². The molecular formula is C26H29FN2O2. The fourth-order valence-electron chi connectivity index (χ4n) is 6.00. The summed E-state index contributed by atoms with van der Waals surface area (Å²) >= 11 is 0. The molecule has 3 fully saturated rings. The monoisotopic (exact) mass is 420 g/mol. The molecule has 1 N–H and O–H groups in total. The third-order valence-corrected chi connectivity index (χ3v) is 8.02. The Morgan fingerprint density at radius 3 is 2.26 bits per heavy atom. The van der Waals surface area contributed by atoms with Crippen molar-refractivity contribution in [2.24, 2.45) is 5.41 Å². The molecule has 2 aromatic carbocycles. The van der Waals surface area contributed by atoms with Crippen LogP contribution in [-0.2, 0) is 15.0 Å². The summed E-state index contributed by atoms with van der Waals surface area (Å²) in [7, 11) is 0. The molecule has 2 amide bonds. The van der Waals surface area contributed by atoms with E-state index < -0.39 is 0 Å². The number of likely N-dealkylation sites (tertiary alicyclic amines) is 1. The summed E-state index contributed by atoms with van der Waals surface area (Å²) in [5.41, 5.74) is 1.66. The average molecular weight is 421 g/mol. The molecule has 2 saturated heterocycles. The van der Waals surface area contributed by atoms with Crippen LogP contribution in [0.15, 0.2) is 54.6 Å². The second kappa shape index (κ2) is 7.77. The van der Waals surface area contributed by atoms with Gasteiger partial charge in [0.2, 0.25) is 11.8 Å². The largest absolute Gasteiger partial charge is 0.355 e. The molecule has 2 aromatic rings. The highest BCUT2D eigenvalue weighted by Crippen LogP contribution is 2.51. The second-order valence-corrected chi connectivity index (χ2v) is 9.54. The zero-order chi connectivity index (χ0) is 21.5. The van der Waals surface area contributed by atoms with Gasteiger partial charge in [0.1, 0.15) is 5.82 Å². The molecule has 1 aliphatic carbocycles. The van der Waals surface area contributed by atoms with Crippen LogP contribution < -0.4 is 5.32 Å². The standard InChI is InChI=1S/C26H29FN2O2/c27-21-9-7-19(8-10-21)22-18-28-23(30)17-25(22)13-15-29(16-14-25)24(31)26(11-4-12-26)20-5-2-1-3-6-20/h1-3,5-10,22H,4,11-18H2,(H,28,30)/t22-/m1/s1. The molecule has 1 saturated carbocycles. The molecule has 5 rings (SSSR count). The van der Waals surface area contributed by atoms with Crippen molar-refractivity contribution in [2.75, 3.05) is 19.6 Å². The van der Waals surface area contributed by atoms with Crippen molar-refractivity contribution in [3.8, 4) is 0 Å². The third kappa shape index (κ3) is 3.44. The summed E-state index contributed by atoms with van der Waals surface area (Å²) in [5.74, 6) is 0.232. The highest BCUT2D eigenvalue weighted by Gasteiger charge is 2.51. The number of hydrogen-bond donors (Lipinski definition) is 1. The van der Waals surface area contributed by atoms with Gasteiger partial charge in [0.05, 0.1) is 5.41 Å². The van der Waals surface area contributed by atoms with Crippen molar-refractivity contribution in [1.82, 2.24) is 10.2 Å². The number of nitrogens with zero attached hydrogens (tertiary/aromatic N) is 1. The zero-order valence-corrected chi connectivity index (χ0v) is 17.8. The van der Waals surface area contributed by atoms with E-state index in [0.29, 0.717) is 26.1 Å². The second-order valence-electron chi connectivity index (χ2n) is 9.54. The van der Waals surface area contributed by atoms with Gasteiger partial charge in [0, 0.05) is 32.0 Å². The van der Waals surface area contributed by atoms with Gasteiger partial charge in [-0.1, -0.05) is 48.9 Å². The average Bonchev–Trinajstić information content (AvgIpc) is 2.75.